The van der Waals surface area contributed by atoms with Gasteiger partial charge in [0.05, 0.1) is 39.1 Å². The highest BCUT2D eigenvalue weighted by Crippen LogP contribution is 2.55. The third-order valence-electron chi connectivity index (χ3n) is 6.56. The molecule has 3 rings (SSSR count). The summed E-state index contributed by atoms with van der Waals surface area (Å²) in [6.45, 7) is 10.8. The van der Waals surface area contributed by atoms with Crippen LogP contribution < -0.4 is 5.32 Å². The van der Waals surface area contributed by atoms with E-state index in [1.807, 2.05) is 60.7 Å². The summed E-state index contributed by atoms with van der Waals surface area (Å²) in [5, 5.41) is 2.87. The first-order valence-electron chi connectivity index (χ1n) is 15.0. The Kier molecular flexibility index (Phi) is 13.8. The van der Waals surface area contributed by atoms with Crippen LogP contribution in [0.1, 0.15) is 59.1 Å². The molecular weight excluding hydrogens is 589 g/mol. The predicted molar refractivity (Wildman–Crippen MR) is 164 cm³/mol. The zero-order chi connectivity index (χ0) is 32.2. The predicted octanol–water partition coefficient (Wildman–Crippen LogP) is 5.99. The molecule has 1 unspecified atom stereocenters. The molecule has 0 aromatic heterocycles. The zero-order valence-electron chi connectivity index (χ0n) is 26.4. The number of benzene rings is 2. The van der Waals surface area contributed by atoms with Gasteiger partial charge in [0.2, 0.25) is 0 Å². The van der Waals surface area contributed by atoms with Gasteiger partial charge < -0.3 is 38.0 Å². The van der Waals surface area contributed by atoms with Crippen molar-refractivity contribution in [1.82, 2.24) is 5.32 Å². The minimum Gasteiger partial charge on any atom is -0.465 e. The van der Waals surface area contributed by atoms with Gasteiger partial charge in [0, 0.05) is 6.42 Å². The van der Waals surface area contributed by atoms with Gasteiger partial charge >= 0.3 is 19.7 Å². The maximum atomic E-state index is 13.9. The highest BCUT2D eigenvalue weighted by atomic mass is 31.2. The van der Waals surface area contributed by atoms with Crippen molar-refractivity contribution >= 4 is 19.7 Å². The Morgan fingerprint density at radius 3 is 1.91 bits per heavy atom. The second-order valence-corrected chi connectivity index (χ2v) is 13.4. The molecule has 2 aromatic carbocycles. The summed E-state index contributed by atoms with van der Waals surface area (Å²) in [4.78, 5) is 26.3. The summed E-state index contributed by atoms with van der Waals surface area (Å²) in [5.41, 5.74) is -0.309. The van der Waals surface area contributed by atoms with E-state index in [-0.39, 0.29) is 39.5 Å². The van der Waals surface area contributed by atoms with Crippen LogP contribution in [0.2, 0.25) is 0 Å². The molecule has 0 saturated carbocycles. The lowest BCUT2D eigenvalue weighted by molar-refractivity contribution is -0.155. The monoisotopic (exact) mass is 635 g/mol. The minimum atomic E-state index is -3.99. The molecule has 0 aliphatic carbocycles. The van der Waals surface area contributed by atoms with E-state index in [0.717, 1.165) is 11.1 Å². The molecule has 1 heterocycles. The highest BCUT2D eigenvalue weighted by molar-refractivity contribution is 7.55. The Morgan fingerprint density at radius 1 is 0.864 bits per heavy atom. The molecule has 1 N–H and O–H groups in total. The Morgan fingerprint density at radius 2 is 1.41 bits per heavy atom. The van der Waals surface area contributed by atoms with Gasteiger partial charge in [-0.3, -0.25) is 9.36 Å². The normalized spacial score (nSPS) is 21.0. The van der Waals surface area contributed by atoms with Crippen molar-refractivity contribution in [2.24, 2.45) is 0 Å². The number of carbonyl (C=O) groups excluding carboxylic acids is 2. The van der Waals surface area contributed by atoms with E-state index >= 15 is 0 Å². The van der Waals surface area contributed by atoms with Crippen molar-refractivity contribution in [2.75, 3.05) is 19.8 Å². The van der Waals surface area contributed by atoms with E-state index in [1.165, 1.54) is 0 Å². The molecule has 44 heavy (non-hydrogen) atoms. The number of ether oxygens (including phenoxy) is 5. The van der Waals surface area contributed by atoms with Crippen LogP contribution in [0.15, 0.2) is 60.7 Å². The van der Waals surface area contributed by atoms with E-state index in [1.54, 1.807) is 41.5 Å². The van der Waals surface area contributed by atoms with Crippen LogP contribution in [0.4, 0.5) is 4.79 Å². The lowest BCUT2D eigenvalue weighted by Crippen LogP contribution is -2.51. The van der Waals surface area contributed by atoms with Gasteiger partial charge in [-0.15, -0.1) is 0 Å². The van der Waals surface area contributed by atoms with E-state index in [9.17, 15) is 14.2 Å². The summed E-state index contributed by atoms with van der Waals surface area (Å²) >= 11 is 0. The maximum Gasteiger partial charge on any atom is 0.408 e. The molecule has 5 atom stereocenters. The number of carbonyl (C=O) groups is 2. The van der Waals surface area contributed by atoms with Gasteiger partial charge in [-0.2, -0.15) is 0 Å². The fourth-order valence-corrected chi connectivity index (χ4v) is 6.72. The fraction of sp³-hybridized carbons (Fsp3) is 0.562. The fourth-order valence-electron chi connectivity index (χ4n) is 4.77. The molecule has 1 saturated heterocycles. The number of alkyl carbamates (subject to hydrolysis) is 1. The number of esters is 1. The van der Waals surface area contributed by atoms with Gasteiger partial charge in [-0.05, 0) is 52.7 Å². The van der Waals surface area contributed by atoms with Crippen molar-refractivity contribution < 1.29 is 46.9 Å². The number of hydrogen-bond acceptors (Lipinski definition) is 10. The standard InChI is InChI=1S/C32H46NO10P/c1-7-37-29(34)26(44(36,40-8-2)41-9-3)20-25-28(38-21-23-16-12-10-13-17-23)27(33-31(35)43-32(4,5)6)30(42-25)39-22-24-18-14-11-15-19-24/h10-19,25-28,30H,7-9,20-22H2,1-6H3,(H,33,35)/t25-,26?,27-,28+,30-/m1/s1. The third-order valence-corrected chi connectivity index (χ3v) is 8.98. The van der Waals surface area contributed by atoms with Gasteiger partial charge in [0.15, 0.2) is 11.9 Å². The smallest absolute Gasteiger partial charge is 0.408 e. The van der Waals surface area contributed by atoms with Crippen molar-refractivity contribution in [3.8, 4) is 0 Å². The van der Waals surface area contributed by atoms with Crippen LogP contribution in [0.5, 0.6) is 0 Å². The quantitative estimate of drug-likeness (QED) is 0.173. The molecular formula is C32H46NO10P. The SMILES string of the molecule is CCOC(=O)C(C[C@H]1O[C@@H](OCc2ccccc2)[C@H](NC(=O)OC(C)(C)C)[C@H]1OCc1ccccc1)P(=O)(OCC)OCC. The topological polar surface area (TPSA) is 128 Å². The highest BCUT2D eigenvalue weighted by Gasteiger charge is 2.52. The van der Waals surface area contributed by atoms with Crippen LogP contribution in [0.3, 0.4) is 0 Å². The summed E-state index contributed by atoms with van der Waals surface area (Å²) in [7, 11) is -3.99. The number of rotatable bonds is 16. The molecule has 0 radical (unpaired) electrons. The molecule has 1 fully saturated rings. The van der Waals surface area contributed by atoms with Crippen LogP contribution in [-0.2, 0) is 55.3 Å². The van der Waals surface area contributed by atoms with Crippen molar-refractivity contribution in [1.29, 1.82) is 0 Å². The minimum absolute atomic E-state index is 0.0538. The van der Waals surface area contributed by atoms with E-state index in [0.29, 0.717) is 0 Å². The third kappa shape index (κ3) is 10.7. The Labute approximate surface area is 260 Å². The molecule has 1 aliphatic rings. The molecule has 11 nitrogen and oxygen atoms in total. The molecule has 1 amide bonds. The van der Waals surface area contributed by atoms with Gasteiger partial charge in [-0.1, -0.05) is 60.7 Å². The summed E-state index contributed by atoms with van der Waals surface area (Å²) in [6.07, 6.45) is -3.58. The van der Waals surface area contributed by atoms with Crippen LogP contribution in [0, 0.1) is 0 Å². The Bertz CT molecular complexity index is 1200. The van der Waals surface area contributed by atoms with Crippen molar-refractivity contribution in [3.05, 3.63) is 71.8 Å². The van der Waals surface area contributed by atoms with Gasteiger partial charge in [-0.25, -0.2) is 4.79 Å². The van der Waals surface area contributed by atoms with Gasteiger partial charge in [0.1, 0.15) is 17.7 Å². The number of hydrogen-bond donors (Lipinski definition) is 1. The van der Waals surface area contributed by atoms with Crippen molar-refractivity contribution in [2.45, 2.75) is 97.0 Å². The first-order chi connectivity index (χ1) is 21.0. The largest absolute Gasteiger partial charge is 0.465 e. The van der Waals surface area contributed by atoms with E-state index in [4.69, 9.17) is 32.7 Å². The Hall–Kier alpha value is -2.79. The molecule has 0 spiro atoms. The molecule has 0 bridgehead atoms. The maximum absolute atomic E-state index is 13.9. The number of nitrogens with one attached hydrogen (secondary N) is 1. The van der Waals surface area contributed by atoms with Crippen molar-refractivity contribution in [3.63, 3.8) is 0 Å². The summed E-state index contributed by atoms with van der Waals surface area (Å²) < 4.78 is 54.9. The number of amides is 1. The average molecular weight is 636 g/mol. The van der Waals surface area contributed by atoms with Crippen LogP contribution >= 0.6 is 7.60 Å². The second kappa shape index (κ2) is 17.1. The lowest BCUT2D eigenvalue weighted by atomic mass is 10.0. The zero-order valence-corrected chi connectivity index (χ0v) is 27.3. The molecule has 2 aromatic rings. The first-order valence-corrected chi connectivity index (χ1v) is 16.6. The molecule has 12 heteroatoms. The average Bonchev–Trinajstić information content (AvgIpc) is 3.29. The van der Waals surface area contributed by atoms with Gasteiger partial charge in [0.25, 0.3) is 0 Å². The van der Waals surface area contributed by atoms with E-state index in [2.05, 4.69) is 5.32 Å². The van der Waals surface area contributed by atoms with Crippen LogP contribution in [0.25, 0.3) is 0 Å². The Balaban J connectivity index is 1.99. The summed E-state index contributed by atoms with van der Waals surface area (Å²) in [5.74, 6) is -0.742. The first kappa shape index (κ1) is 35.7. The molecule has 1 aliphatic heterocycles. The van der Waals surface area contributed by atoms with E-state index < -0.39 is 55.5 Å². The molecule has 244 valence electrons. The lowest BCUT2D eigenvalue weighted by Gasteiger charge is -2.29. The second-order valence-electron chi connectivity index (χ2n) is 11.2. The van der Waals surface area contributed by atoms with Crippen LogP contribution in [-0.4, -0.2) is 67.7 Å². The summed E-state index contributed by atoms with van der Waals surface area (Å²) in [6, 6.07) is 18.1.